The highest BCUT2D eigenvalue weighted by molar-refractivity contribution is 5.84. The van der Waals surface area contributed by atoms with Gasteiger partial charge in [-0.05, 0) is 44.0 Å². The van der Waals surface area contributed by atoms with Gasteiger partial charge in [0.15, 0.2) is 0 Å². The summed E-state index contributed by atoms with van der Waals surface area (Å²) in [5.74, 6) is 0.958. The molecule has 0 radical (unpaired) electrons. The van der Waals surface area contributed by atoms with Crippen LogP contribution in [0.4, 0.5) is 0 Å². The molecule has 86 valence electrons. The molecular weight excluding hydrogens is 198 g/mol. The van der Waals surface area contributed by atoms with Gasteiger partial charge in [0.1, 0.15) is 5.75 Å². The summed E-state index contributed by atoms with van der Waals surface area (Å²) in [4.78, 5) is 3.30. The second-order valence-corrected chi connectivity index (χ2v) is 4.44. The van der Waals surface area contributed by atoms with E-state index >= 15 is 0 Å². The Kier molecular flexibility index (Phi) is 3.18. The highest BCUT2D eigenvalue weighted by atomic mass is 16.5. The van der Waals surface area contributed by atoms with E-state index in [4.69, 9.17) is 4.74 Å². The van der Waals surface area contributed by atoms with Crippen LogP contribution >= 0.6 is 0 Å². The molecule has 0 aliphatic carbocycles. The molecule has 0 aliphatic heterocycles. The second kappa shape index (κ2) is 4.60. The number of rotatable bonds is 4. The maximum Gasteiger partial charge on any atom is 0.120 e. The predicted molar refractivity (Wildman–Crippen MR) is 68.1 cm³/mol. The van der Waals surface area contributed by atoms with Crippen molar-refractivity contribution in [3.05, 3.63) is 30.0 Å². The number of hydrogen-bond acceptors (Lipinski definition) is 1. The maximum atomic E-state index is 5.71. The average molecular weight is 217 g/mol. The summed E-state index contributed by atoms with van der Waals surface area (Å²) in [6.45, 7) is 6.30. The van der Waals surface area contributed by atoms with Crippen LogP contribution < -0.4 is 4.74 Å². The summed E-state index contributed by atoms with van der Waals surface area (Å²) < 4.78 is 5.71. The fourth-order valence-corrected chi connectivity index (χ4v) is 1.98. The molecule has 0 saturated carbocycles. The van der Waals surface area contributed by atoms with Crippen molar-refractivity contribution < 1.29 is 4.74 Å². The van der Waals surface area contributed by atoms with Crippen molar-refractivity contribution in [3.8, 4) is 5.75 Å². The smallest absolute Gasteiger partial charge is 0.120 e. The molecule has 2 aromatic rings. The first-order valence-electron chi connectivity index (χ1n) is 5.97. The fraction of sp³-hybridized carbons (Fsp3) is 0.429. The van der Waals surface area contributed by atoms with Gasteiger partial charge in [-0.3, -0.25) is 0 Å². The van der Waals surface area contributed by atoms with Crippen molar-refractivity contribution in [3.63, 3.8) is 0 Å². The number of hydrogen-bond donors (Lipinski definition) is 1. The van der Waals surface area contributed by atoms with Crippen molar-refractivity contribution in [1.82, 2.24) is 4.98 Å². The maximum absolute atomic E-state index is 5.71. The number of aromatic nitrogens is 1. The normalized spacial score (nSPS) is 11.2. The Morgan fingerprint density at radius 3 is 2.81 bits per heavy atom. The van der Waals surface area contributed by atoms with Crippen LogP contribution in [0.15, 0.2) is 24.4 Å². The van der Waals surface area contributed by atoms with Crippen LogP contribution in [0.1, 0.15) is 32.8 Å². The van der Waals surface area contributed by atoms with Crippen LogP contribution in [-0.4, -0.2) is 11.1 Å². The van der Waals surface area contributed by atoms with Crippen molar-refractivity contribution in [2.24, 2.45) is 0 Å². The number of fused-ring (bicyclic) bond motifs is 1. The summed E-state index contributed by atoms with van der Waals surface area (Å²) in [6, 6.07) is 6.25. The fourth-order valence-electron chi connectivity index (χ4n) is 1.98. The topological polar surface area (TPSA) is 25.0 Å². The van der Waals surface area contributed by atoms with Gasteiger partial charge in [-0.1, -0.05) is 13.3 Å². The predicted octanol–water partition coefficient (Wildman–Crippen LogP) is 3.91. The minimum absolute atomic E-state index is 0.228. The first-order valence-corrected chi connectivity index (χ1v) is 5.97. The lowest BCUT2D eigenvalue weighted by Gasteiger charge is -2.09. The van der Waals surface area contributed by atoms with Crippen LogP contribution in [0.3, 0.4) is 0 Å². The van der Waals surface area contributed by atoms with Gasteiger partial charge >= 0.3 is 0 Å². The molecule has 16 heavy (non-hydrogen) atoms. The van der Waals surface area contributed by atoms with Gasteiger partial charge in [-0.25, -0.2) is 0 Å². The van der Waals surface area contributed by atoms with E-state index in [2.05, 4.69) is 30.2 Å². The average Bonchev–Trinajstić information content (AvgIpc) is 2.61. The van der Waals surface area contributed by atoms with Crippen molar-refractivity contribution >= 4 is 10.9 Å². The lowest BCUT2D eigenvalue weighted by atomic mass is 10.1. The molecule has 0 saturated heterocycles. The third-order valence-electron chi connectivity index (χ3n) is 2.63. The molecule has 0 fully saturated rings. The van der Waals surface area contributed by atoms with E-state index in [1.54, 1.807) is 0 Å². The van der Waals surface area contributed by atoms with E-state index in [1.807, 2.05) is 19.9 Å². The molecule has 2 rings (SSSR count). The molecule has 0 bridgehead atoms. The number of aromatic amines is 1. The van der Waals surface area contributed by atoms with Gasteiger partial charge in [0, 0.05) is 17.1 Å². The molecular formula is C14H19NO. The zero-order valence-corrected chi connectivity index (χ0v) is 10.2. The van der Waals surface area contributed by atoms with E-state index in [1.165, 1.54) is 22.9 Å². The van der Waals surface area contributed by atoms with Crippen LogP contribution in [-0.2, 0) is 6.42 Å². The van der Waals surface area contributed by atoms with Gasteiger partial charge in [-0.2, -0.15) is 0 Å². The van der Waals surface area contributed by atoms with Gasteiger partial charge in [0.05, 0.1) is 6.10 Å². The molecule has 2 heteroatoms. The third-order valence-corrected chi connectivity index (χ3v) is 2.63. The first-order chi connectivity index (χ1) is 7.70. The lowest BCUT2D eigenvalue weighted by Crippen LogP contribution is -2.05. The molecule has 0 atom stereocenters. The largest absolute Gasteiger partial charge is 0.491 e. The van der Waals surface area contributed by atoms with E-state index in [-0.39, 0.29) is 6.10 Å². The standard InChI is InChI=1S/C14H19NO/c1-4-5-11-9-15-14-7-6-12(8-13(11)14)16-10(2)3/h6-10,15H,4-5H2,1-3H3. The van der Waals surface area contributed by atoms with Crippen molar-refractivity contribution in [2.45, 2.75) is 39.7 Å². The molecule has 0 spiro atoms. The Bertz CT molecular complexity index is 471. The minimum atomic E-state index is 0.228. The lowest BCUT2D eigenvalue weighted by molar-refractivity contribution is 0.243. The molecule has 2 nitrogen and oxygen atoms in total. The van der Waals surface area contributed by atoms with Crippen molar-refractivity contribution in [2.75, 3.05) is 0 Å². The molecule has 1 aromatic carbocycles. The number of H-pyrrole nitrogens is 1. The van der Waals surface area contributed by atoms with E-state index < -0.39 is 0 Å². The Morgan fingerprint density at radius 1 is 1.31 bits per heavy atom. The zero-order chi connectivity index (χ0) is 11.5. The summed E-state index contributed by atoms with van der Waals surface area (Å²) in [7, 11) is 0. The van der Waals surface area contributed by atoms with Crippen LogP contribution in [0, 0.1) is 0 Å². The Balaban J connectivity index is 2.37. The Hall–Kier alpha value is -1.44. The molecule has 0 amide bonds. The summed E-state index contributed by atoms with van der Waals surface area (Å²) in [5, 5.41) is 1.29. The van der Waals surface area contributed by atoms with Crippen LogP contribution in [0.5, 0.6) is 5.75 Å². The SMILES string of the molecule is CCCc1c[nH]c2ccc(OC(C)C)cc12. The van der Waals surface area contributed by atoms with Gasteiger partial charge in [0.25, 0.3) is 0 Å². The van der Waals surface area contributed by atoms with E-state index in [0.717, 1.165) is 12.2 Å². The Morgan fingerprint density at radius 2 is 2.12 bits per heavy atom. The highest BCUT2D eigenvalue weighted by Gasteiger charge is 2.05. The molecule has 1 N–H and O–H groups in total. The number of aryl methyl sites for hydroxylation is 1. The summed E-state index contributed by atoms with van der Waals surface area (Å²) in [5.41, 5.74) is 2.58. The molecule has 1 heterocycles. The molecule has 0 unspecified atom stereocenters. The van der Waals surface area contributed by atoms with E-state index in [0.29, 0.717) is 0 Å². The van der Waals surface area contributed by atoms with Gasteiger partial charge in [0.2, 0.25) is 0 Å². The monoisotopic (exact) mass is 217 g/mol. The third kappa shape index (κ3) is 2.21. The Labute approximate surface area is 96.6 Å². The van der Waals surface area contributed by atoms with Gasteiger partial charge in [-0.15, -0.1) is 0 Å². The quantitative estimate of drug-likeness (QED) is 0.825. The highest BCUT2D eigenvalue weighted by Crippen LogP contribution is 2.25. The van der Waals surface area contributed by atoms with Crippen LogP contribution in [0.25, 0.3) is 10.9 Å². The zero-order valence-electron chi connectivity index (χ0n) is 10.2. The second-order valence-electron chi connectivity index (χ2n) is 4.44. The minimum Gasteiger partial charge on any atom is -0.491 e. The van der Waals surface area contributed by atoms with Crippen LogP contribution in [0.2, 0.25) is 0 Å². The summed E-state index contributed by atoms with van der Waals surface area (Å²) >= 11 is 0. The molecule has 0 aliphatic rings. The summed E-state index contributed by atoms with van der Waals surface area (Å²) in [6.07, 6.45) is 4.62. The number of nitrogens with one attached hydrogen (secondary N) is 1. The van der Waals surface area contributed by atoms with Crippen molar-refractivity contribution in [1.29, 1.82) is 0 Å². The van der Waals surface area contributed by atoms with Gasteiger partial charge < -0.3 is 9.72 Å². The number of ether oxygens (including phenoxy) is 1. The first kappa shape index (κ1) is 11.1. The van der Waals surface area contributed by atoms with E-state index in [9.17, 15) is 0 Å². The molecule has 1 aromatic heterocycles. The number of benzene rings is 1.